The number of pyridine rings is 1. The summed E-state index contributed by atoms with van der Waals surface area (Å²) in [6.45, 7) is 0. The van der Waals surface area contributed by atoms with Crippen molar-refractivity contribution in [3.8, 4) is 17.1 Å². The van der Waals surface area contributed by atoms with Crippen molar-refractivity contribution >= 4 is 28.7 Å². The lowest BCUT2D eigenvalue weighted by molar-refractivity contribution is 0.0696. The highest BCUT2D eigenvalue weighted by molar-refractivity contribution is 6.30. The normalized spacial score (nSPS) is 10.8. The minimum atomic E-state index is -1.04. The lowest BCUT2D eigenvalue weighted by Crippen LogP contribution is -1.96. The van der Waals surface area contributed by atoms with Crippen molar-refractivity contribution in [1.29, 1.82) is 0 Å². The first-order valence-corrected chi connectivity index (χ1v) is 6.39. The standard InChI is InChI=1S/C14H10ClN3O3/c1-21-11-3-2-8(15)5-9(11)12-17-10-4-7(14(19)20)6-16-13(10)18-12/h2-6H,1H3,(H,19,20)(H,16,17,18). The molecule has 0 atom stereocenters. The van der Waals surface area contributed by atoms with Crippen LogP contribution in [-0.2, 0) is 0 Å². The number of methoxy groups -OCH3 is 1. The second-order valence-electron chi connectivity index (χ2n) is 4.33. The van der Waals surface area contributed by atoms with Gasteiger partial charge in [0.05, 0.1) is 23.8 Å². The van der Waals surface area contributed by atoms with Crippen LogP contribution in [0.3, 0.4) is 0 Å². The summed E-state index contributed by atoms with van der Waals surface area (Å²) in [4.78, 5) is 22.4. The lowest BCUT2D eigenvalue weighted by Gasteiger charge is -2.05. The van der Waals surface area contributed by atoms with Gasteiger partial charge in [-0.25, -0.2) is 14.8 Å². The van der Waals surface area contributed by atoms with Crippen molar-refractivity contribution in [2.24, 2.45) is 0 Å². The Bertz CT molecular complexity index is 845. The Hall–Kier alpha value is -2.60. The van der Waals surface area contributed by atoms with Crippen LogP contribution in [0.5, 0.6) is 5.75 Å². The topological polar surface area (TPSA) is 88.1 Å². The van der Waals surface area contributed by atoms with Crippen LogP contribution in [0, 0.1) is 0 Å². The molecule has 0 fully saturated rings. The van der Waals surface area contributed by atoms with Gasteiger partial charge in [0.15, 0.2) is 5.65 Å². The third-order valence-corrected chi connectivity index (χ3v) is 3.24. The van der Waals surface area contributed by atoms with Crippen molar-refractivity contribution in [3.63, 3.8) is 0 Å². The number of imidazole rings is 1. The molecule has 0 unspecified atom stereocenters. The molecule has 0 amide bonds. The molecule has 3 aromatic rings. The van der Waals surface area contributed by atoms with E-state index in [1.54, 1.807) is 25.3 Å². The largest absolute Gasteiger partial charge is 0.496 e. The Morgan fingerprint density at radius 2 is 2.19 bits per heavy atom. The maximum atomic E-state index is 11.0. The molecule has 0 saturated heterocycles. The second kappa shape index (κ2) is 5.06. The molecule has 21 heavy (non-hydrogen) atoms. The van der Waals surface area contributed by atoms with Crippen LogP contribution in [0.15, 0.2) is 30.5 Å². The Kier molecular flexibility index (Phi) is 3.23. The number of benzene rings is 1. The average Bonchev–Trinajstić information content (AvgIpc) is 2.89. The van der Waals surface area contributed by atoms with Crippen molar-refractivity contribution in [2.75, 3.05) is 7.11 Å². The number of carboxylic acid groups (broad SMARTS) is 1. The zero-order valence-corrected chi connectivity index (χ0v) is 11.7. The Balaban J connectivity index is 2.17. The molecule has 106 valence electrons. The van der Waals surface area contributed by atoms with Gasteiger partial charge in [-0.05, 0) is 24.3 Å². The summed E-state index contributed by atoms with van der Waals surface area (Å²) in [5, 5.41) is 9.52. The third-order valence-electron chi connectivity index (χ3n) is 3.00. The summed E-state index contributed by atoms with van der Waals surface area (Å²) >= 11 is 6.00. The predicted molar refractivity (Wildman–Crippen MR) is 77.8 cm³/mol. The number of nitrogens with zero attached hydrogens (tertiary/aromatic N) is 2. The predicted octanol–water partition coefficient (Wildman–Crippen LogP) is 2.99. The molecule has 0 bridgehead atoms. The number of hydrogen-bond acceptors (Lipinski definition) is 4. The maximum absolute atomic E-state index is 11.0. The number of ether oxygens (including phenoxy) is 1. The van der Waals surface area contributed by atoms with Crippen molar-refractivity contribution < 1.29 is 14.6 Å². The number of aromatic amines is 1. The molecule has 2 N–H and O–H groups in total. The zero-order chi connectivity index (χ0) is 15.0. The van der Waals surface area contributed by atoms with Gasteiger partial charge in [0.2, 0.25) is 0 Å². The van der Waals surface area contributed by atoms with Crippen LogP contribution in [0.1, 0.15) is 10.4 Å². The highest BCUT2D eigenvalue weighted by Crippen LogP contribution is 2.31. The van der Waals surface area contributed by atoms with Gasteiger partial charge in [-0.3, -0.25) is 0 Å². The second-order valence-corrected chi connectivity index (χ2v) is 4.77. The van der Waals surface area contributed by atoms with E-state index < -0.39 is 5.97 Å². The number of fused-ring (bicyclic) bond motifs is 1. The first kappa shape index (κ1) is 13.4. The van der Waals surface area contributed by atoms with Crippen LogP contribution in [-0.4, -0.2) is 33.1 Å². The SMILES string of the molecule is COc1ccc(Cl)cc1-c1nc2ncc(C(=O)O)cc2[nH]1. The van der Waals surface area contributed by atoms with E-state index in [-0.39, 0.29) is 5.56 Å². The van der Waals surface area contributed by atoms with Crippen molar-refractivity contribution in [1.82, 2.24) is 15.0 Å². The molecule has 2 heterocycles. The molecule has 3 rings (SSSR count). The van der Waals surface area contributed by atoms with Gasteiger partial charge in [0.1, 0.15) is 11.6 Å². The number of aromatic nitrogens is 3. The summed E-state index contributed by atoms with van der Waals surface area (Å²) in [6.07, 6.45) is 1.27. The van der Waals surface area contributed by atoms with E-state index in [9.17, 15) is 4.79 Å². The molecule has 7 heteroatoms. The molecule has 0 radical (unpaired) electrons. The van der Waals surface area contributed by atoms with Gasteiger partial charge >= 0.3 is 5.97 Å². The van der Waals surface area contributed by atoms with Crippen molar-refractivity contribution in [3.05, 3.63) is 41.0 Å². The maximum Gasteiger partial charge on any atom is 0.337 e. The van der Waals surface area contributed by atoms with Gasteiger partial charge in [-0.2, -0.15) is 0 Å². The molecule has 6 nitrogen and oxygen atoms in total. The number of rotatable bonds is 3. The van der Waals surface area contributed by atoms with Crippen LogP contribution >= 0.6 is 11.6 Å². The first-order chi connectivity index (χ1) is 10.1. The fourth-order valence-electron chi connectivity index (χ4n) is 2.01. The summed E-state index contributed by atoms with van der Waals surface area (Å²) < 4.78 is 5.28. The number of halogens is 1. The van der Waals surface area contributed by atoms with Crippen LogP contribution in [0.2, 0.25) is 5.02 Å². The summed E-state index contributed by atoms with van der Waals surface area (Å²) in [5.74, 6) is 0.0807. The molecular formula is C14H10ClN3O3. The number of carbonyl (C=O) groups is 1. The van der Waals surface area contributed by atoms with E-state index in [1.807, 2.05) is 0 Å². The molecule has 0 aliphatic carbocycles. The number of hydrogen-bond donors (Lipinski definition) is 2. The molecule has 1 aromatic carbocycles. The zero-order valence-electron chi connectivity index (χ0n) is 10.9. The first-order valence-electron chi connectivity index (χ1n) is 6.01. The van der Waals surface area contributed by atoms with E-state index in [0.717, 1.165) is 0 Å². The minimum Gasteiger partial charge on any atom is -0.496 e. The molecular weight excluding hydrogens is 294 g/mol. The quantitative estimate of drug-likeness (QED) is 0.776. The summed E-state index contributed by atoms with van der Waals surface area (Å²) in [5.41, 5.74) is 1.74. The summed E-state index contributed by atoms with van der Waals surface area (Å²) in [7, 11) is 1.55. The molecule has 0 spiro atoms. The Morgan fingerprint density at radius 1 is 1.38 bits per heavy atom. The highest BCUT2D eigenvalue weighted by Gasteiger charge is 2.13. The lowest BCUT2D eigenvalue weighted by atomic mass is 10.2. The Morgan fingerprint density at radius 3 is 2.90 bits per heavy atom. The van der Waals surface area contributed by atoms with Crippen molar-refractivity contribution in [2.45, 2.75) is 0 Å². The van der Waals surface area contributed by atoms with E-state index in [1.165, 1.54) is 12.3 Å². The number of H-pyrrole nitrogens is 1. The van der Waals surface area contributed by atoms with E-state index >= 15 is 0 Å². The molecule has 0 aliphatic heterocycles. The van der Waals surface area contributed by atoms with Crippen LogP contribution in [0.25, 0.3) is 22.6 Å². The van der Waals surface area contributed by atoms with Gasteiger partial charge in [-0.1, -0.05) is 11.6 Å². The summed E-state index contributed by atoms with van der Waals surface area (Å²) in [6, 6.07) is 6.66. The minimum absolute atomic E-state index is 0.0933. The van der Waals surface area contributed by atoms with Crippen LogP contribution < -0.4 is 4.74 Å². The molecule has 0 aliphatic rings. The fourth-order valence-corrected chi connectivity index (χ4v) is 2.18. The number of aromatic carboxylic acids is 1. The molecule has 2 aromatic heterocycles. The van der Waals surface area contributed by atoms with Gasteiger partial charge in [0, 0.05) is 11.2 Å². The van der Waals surface area contributed by atoms with E-state index in [4.69, 9.17) is 21.4 Å². The Labute approximate surface area is 124 Å². The van der Waals surface area contributed by atoms with Gasteiger partial charge < -0.3 is 14.8 Å². The fraction of sp³-hybridized carbons (Fsp3) is 0.0714. The number of nitrogens with one attached hydrogen (secondary N) is 1. The van der Waals surface area contributed by atoms with E-state index in [0.29, 0.717) is 33.3 Å². The van der Waals surface area contributed by atoms with Gasteiger partial charge in [-0.15, -0.1) is 0 Å². The smallest absolute Gasteiger partial charge is 0.337 e. The monoisotopic (exact) mass is 303 g/mol. The molecule has 0 saturated carbocycles. The van der Waals surface area contributed by atoms with E-state index in [2.05, 4.69) is 15.0 Å². The van der Waals surface area contributed by atoms with Crippen LogP contribution in [0.4, 0.5) is 0 Å². The average molecular weight is 304 g/mol. The van der Waals surface area contributed by atoms with Gasteiger partial charge in [0.25, 0.3) is 0 Å². The number of carboxylic acids is 1. The highest BCUT2D eigenvalue weighted by atomic mass is 35.5. The third kappa shape index (κ3) is 2.41.